The summed E-state index contributed by atoms with van der Waals surface area (Å²) >= 11 is 0. The van der Waals surface area contributed by atoms with Gasteiger partial charge < -0.3 is 5.73 Å². The lowest BCUT2D eigenvalue weighted by Crippen LogP contribution is -2.01. The van der Waals surface area contributed by atoms with E-state index in [2.05, 4.69) is 11.2 Å². The van der Waals surface area contributed by atoms with Crippen molar-refractivity contribution in [1.29, 1.82) is 5.26 Å². The van der Waals surface area contributed by atoms with Gasteiger partial charge in [-0.25, -0.2) is 0 Å². The molecular weight excluding hydrogens is 200 g/mol. The maximum absolute atomic E-state index is 8.78. The zero-order valence-electron chi connectivity index (χ0n) is 9.01. The number of nitrogens with zero attached hydrogens (tertiary/aromatic N) is 3. The summed E-state index contributed by atoms with van der Waals surface area (Å²) in [6, 6.07) is 9.59. The van der Waals surface area contributed by atoms with Gasteiger partial charge in [-0.2, -0.15) is 10.4 Å². The molecule has 16 heavy (non-hydrogen) atoms. The number of anilines is 1. The molecule has 1 heterocycles. The van der Waals surface area contributed by atoms with Crippen LogP contribution in [0.25, 0.3) is 0 Å². The van der Waals surface area contributed by atoms with Crippen molar-refractivity contribution in [2.75, 3.05) is 5.73 Å². The maximum atomic E-state index is 8.78. The summed E-state index contributed by atoms with van der Waals surface area (Å²) in [7, 11) is 0. The maximum Gasteiger partial charge on any atom is 0.148 e. The lowest BCUT2D eigenvalue weighted by atomic mass is 10.1. The van der Waals surface area contributed by atoms with E-state index in [9.17, 15) is 0 Å². The monoisotopic (exact) mass is 212 g/mol. The zero-order chi connectivity index (χ0) is 11.5. The van der Waals surface area contributed by atoms with Crippen molar-refractivity contribution in [3.05, 3.63) is 47.2 Å². The molecule has 0 atom stereocenters. The van der Waals surface area contributed by atoms with Crippen molar-refractivity contribution in [2.24, 2.45) is 0 Å². The normalized spacial score (nSPS) is 10.0. The Morgan fingerprint density at radius 1 is 1.50 bits per heavy atom. The Morgan fingerprint density at radius 3 is 2.94 bits per heavy atom. The van der Waals surface area contributed by atoms with E-state index in [1.165, 1.54) is 0 Å². The zero-order valence-corrected chi connectivity index (χ0v) is 9.01. The number of hydrogen-bond acceptors (Lipinski definition) is 3. The number of nitrogen functional groups attached to an aromatic ring is 1. The molecule has 80 valence electrons. The number of benzene rings is 1. The van der Waals surface area contributed by atoms with Gasteiger partial charge >= 0.3 is 0 Å². The van der Waals surface area contributed by atoms with Crippen molar-refractivity contribution in [3.8, 4) is 6.07 Å². The minimum Gasteiger partial charge on any atom is -0.382 e. The summed E-state index contributed by atoms with van der Waals surface area (Å²) in [4.78, 5) is 0. The fourth-order valence-electron chi connectivity index (χ4n) is 1.54. The van der Waals surface area contributed by atoms with Crippen LogP contribution in [0.5, 0.6) is 0 Å². The molecule has 4 nitrogen and oxygen atoms in total. The van der Waals surface area contributed by atoms with E-state index in [-0.39, 0.29) is 0 Å². The van der Waals surface area contributed by atoms with E-state index in [1.54, 1.807) is 10.7 Å². The molecule has 4 heteroatoms. The van der Waals surface area contributed by atoms with Gasteiger partial charge in [0.05, 0.1) is 18.2 Å². The molecule has 0 aliphatic heterocycles. The van der Waals surface area contributed by atoms with Crippen molar-refractivity contribution < 1.29 is 0 Å². The summed E-state index contributed by atoms with van der Waals surface area (Å²) in [6.07, 6.45) is 1.90. The molecule has 0 spiro atoms. The summed E-state index contributed by atoms with van der Waals surface area (Å²) in [5, 5.41) is 13.0. The second-order valence-electron chi connectivity index (χ2n) is 3.71. The van der Waals surface area contributed by atoms with E-state index >= 15 is 0 Å². The molecule has 2 rings (SSSR count). The highest BCUT2D eigenvalue weighted by Crippen LogP contribution is 2.10. The summed E-state index contributed by atoms with van der Waals surface area (Å²) in [6.45, 7) is 2.55. The molecule has 0 saturated carbocycles. The first kappa shape index (κ1) is 10.2. The van der Waals surface area contributed by atoms with Gasteiger partial charge in [0.2, 0.25) is 0 Å². The number of aromatic nitrogens is 2. The van der Waals surface area contributed by atoms with Crippen molar-refractivity contribution in [3.63, 3.8) is 0 Å². The van der Waals surface area contributed by atoms with Gasteiger partial charge in [0, 0.05) is 11.8 Å². The lowest BCUT2D eigenvalue weighted by molar-refractivity contribution is 0.689. The smallest absolute Gasteiger partial charge is 0.148 e. The molecule has 0 fully saturated rings. The van der Waals surface area contributed by atoms with Crippen LogP contribution in [0.15, 0.2) is 30.5 Å². The van der Waals surface area contributed by atoms with Crippen LogP contribution < -0.4 is 5.73 Å². The first-order valence-electron chi connectivity index (χ1n) is 4.97. The Balaban J connectivity index is 2.24. The predicted molar refractivity (Wildman–Crippen MR) is 61.6 cm³/mol. The third-order valence-electron chi connectivity index (χ3n) is 2.38. The molecule has 0 unspecified atom stereocenters. The van der Waals surface area contributed by atoms with Crippen molar-refractivity contribution in [2.45, 2.75) is 13.5 Å². The van der Waals surface area contributed by atoms with E-state index in [0.29, 0.717) is 17.9 Å². The quantitative estimate of drug-likeness (QED) is 0.823. The van der Waals surface area contributed by atoms with Crippen LogP contribution in [0.4, 0.5) is 5.82 Å². The Morgan fingerprint density at radius 2 is 2.31 bits per heavy atom. The van der Waals surface area contributed by atoms with E-state index < -0.39 is 0 Å². The average Bonchev–Trinajstić information content (AvgIpc) is 2.58. The number of hydrogen-bond donors (Lipinski definition) is 1. The molecule has 0 bridgehead atoms. The number of nitrogens with two attached hydrogens (primary N) is 1. The van der Waals surface area contributed by atoms with Crippen molar-refractivity contribution >= 4 is 5.82 Å². The molecule has 0 aliphatic carbocycles. The molecule has 2 N–H and O–H groups in total. The van der Waals surface area contributed by atoms with Gasteiger partial charge in [-0.3, -0.25) is 4.68 Å². The van der Waals surface area contributed by atoms with Gasteiger partial charge in [0.15, 0.2) is 0 Å². The largest absolute Gasteiger partial charge is 0.382 e. The SMILES string of the molecule is Cc1cn(Cc2cccc(C#N)c2)nc1N. The first-order chi connectivity index (χ1) is 7.69. The topological polar surface area (TPSA) is 67.6 Å². The Hall–Kier alpha value is -2.28. The van der Waals surface area contributed by atoms with Crippen LogP contribution in [-0.2, 0) is 6.54 Å². The number of rotatable bonds is 2. The molecule has 2 aromatic rings. The van der Waals surface area contributed by atoms with Crippen LogP contribution in [0.2, 0.25) is 0 Å². The highest BCUT2D eigenvalue weighted by molar-refractivity contribution is 5.36. The predicted octanol–water partition coefficient (Wildman–Crippen LogP) is 1.69. The summed E-state index contributed by atoms with van der Waals surface area (Å²) < 4.78 is 1.78. The van der Waals surface area contributed by atoms with Gasteiger partial charge in [0.25, 0.3) is 0 Å². The van der Waals surface area contributed by atoms with E-state index in [0.717, 1.165) is 11.1 Å². The van der Waals surface area contributed by atoms with Crippen LogP contribution in [0.3, 0.4) is 0 Å². The third-order valence-corrected chi connectivity index (χ3v) is 2.38. The highest BCUT2D eigenvalue weighted by atomic mass is 15.3. The fraction of sp³-hybridized carbons (Fsp3) is 0.167. The molecule has 0 aliphatic rings. The average molecular weight is 212 g/mol. The van der Waals surface area contributed by atoms with Crippen molar-refractivity contribution in [1.82, 2.24) is 9.78 Å². The standard InChI is InChI=1S/C12H12N4/c1-9-7-16(15-12(9)14)8-11-4-2-3-10(5-11)6-13/h2-5,7H,8H2,1H3,(H2,14,15). The minimum absolute atomic E-state index is 0.552. The van der Waals surface area contributed by atoms with Crippen LogP contribution in [-0.4, -0.2) is 9.78 Å². The molecule has 1 aromatic carbocycles. The van der Waals surface area contributed by atoms with Gasteiger partial charge in [-0.1, -0.05) is 12.1 Å². The fourth-order valence-corrected chi connectivity index (χ4v) is 1.54. The molecule has 1 aromatic heterocycles. The second-order valence-corrected chi connectivity index (χ2v) is 3.71. The number of nitriles is 1. The Bertz CT molecular complexity index is 529. The Kier molecular flexibility index (Phi) is 2.61. The highest BCUT2D eigenvalue weighted by Gasteiger charge is 2.02. The van der Waals surface area contributed by atoms with Gasteiger partial charge in [0.1, 0.15) is 5.82 Å². The van der Waals surface area contributed by atoms with Crippen LogP contribution >= 0.6 is 0 Å². The third kappa shape index (κ3) is 2.04. The summed E-state index contributed by atoms with van der Waals surface area (Å²) in [5.74, 6) is 0.552. The second kappa shape index (κ2) is 4.07. The summed E-state index contributed by atoms with van der Waals surface area (Å²) in [5.41, 5.74) is 8.34. The van der Waals surface area contributed by atoms with Crippen LogP contribution in [0.1, 0.15) is 16.7 Å². The molecule has 0 amide bonds. The van der Waals surface area contributed by atoms with Crippen LogP contribution in [0, 0.1) is 18.3 Å². The first-order valence-corrected chi connectivity index (χ1v) is 4.97. The Labute approximate surface area is 93.9 Å². The molecule has 0 radical (unpaired) electrons. The van der Waals surface area contributed by atoms with E-state index in [1.807, 2.05) is 31.3 Å². The number of aryl methyl sites for hydroxylation is 1. The molecule has 0 saturated heterocycles. The van der Waals surface area contributed by atoms with E-state index in [4.69, 9.17) is 11.0 Å². The van der Waals surface area contributed by atoms with Gasteiger partial charge in [-0.15, -0.1) is 0 Å². The van der Waals surface area contributed by atoms with Gasteiger partial charge in [-0.05, 0) is 24.6 Å². The molecular formula is C12H12N4. The minimum atomic E-state index is 0.552. The lowest BCUT2D eigenvalue weighted by Gasteiger charge is -2.01.